The number of rotatable bonds is 5. The smallest absolute Gasteiger partial charge is 0.348 e. The number of hydrogen-bond acceptors (Lipinski definition) is 5. The number of fused-ring (bicyclic) bond motifs is 1. The van der Waals surface area contributed by atoms with E-state index >= 15 is 0 Å². The summed E-state index contributed by atoms with van der Waals surface area (Å²) in [6, 6.07) is 14.7. The fourth-order valence-corrected chi connectivity index (χ4v) is 4.47. The number of aryl methyl sites for hydroxylation is 1. The van der Waals surface area contributed by atoms with Crippen LogP contribution in [0.5, 0.6) is 5.75 Å². The van der Waals surface area contributed by atoms with E-state index in [-0.39, 0.29) is 16.5 Å². The second-order valence-electron chi connectivity index (χ2n) is 8.05. The highest BCUT2D eigenvalue weighted by Crippen LogP contribution is 2.28. The van der Waals surface area contributed by atoms with Gasteiger partial charge in [-0.1, -0.05) is 23.8 Å². The fourth-order valence-electron chi connectivity index (χ4n) is 3.78. The van der Waals surface area contributed by atoms with Crippen LogP contribution in [0, 0.1) is 6.92 Å². The van der Waals surface area contributed by atoms with Gasteiger partial charge in [0.2, 0.25) is 5.91 Å². The molecule has 0 aliphatic carbocycles. The number of nitrogens with one attached hydrogen (secondary N) is 1. The van der Waals surface area contributed by atoms with Crippen molar-refractivity contribution in [2.45, 2.75) is 26.9 Å². The predicted molar refractivity (Wildman–Crippen MR) is 131 cm³/mol. The fraction of sp³-hybridized carbons (Fsp3) is 0.240. The number of carboxylic acids is 1. The third-order valence-corrected chi connectivity index (χ3v) is 6.46. The summed E-state index contributed by atoms with van der Waals surface area (Å²) in [5.41, 5.74) is 3.94. The van der Waals surface area contributed by atoms with E-state index in [4.69, 9.17) is 4.74 Å². The van der Waals surface area contributed by atoms with Crippen LogP contribution in [0.25, 0.3) is 0 Å². The minimum absolute atomic E-state index is 0.0685. The van der Waals surface area contributed by atoms with E-state index in [9.17, 15) is 19.5 Å². The third-order valence-electron chi connectivity index (χ3n) is 5.56. The van der Waals surface area contributed by atoms with Crippen LogP contribution in [-0.2, 0) is 17.9 Å². The van der Waals surface area contributed by atoms with E-state index in [0.717, 1.165) is 33.7 Å². The first-order valence-electron chi connectivity index (χ1n) is 10.8. The maximum absolute atomic E-state index is 12.9. The van der Waals surface area contributed by atoms with Gasteiger partial charge in [0, 0.05) is 18.2 Å². The van der Waals surface area contributed by atoms with Crippen LogP contribution in [-0.4, -0.2) is 41.1 Å². The molecule has 0 bridgehead atoms. The number of nitrogens with zero attached hydrogens (tertiary/aromatic N) is 2. The Balaban J connectivity index is 1.52. The lowest BCUT2D eigenvalue weighted by molar-refractivity contribution is -0.116. The van der Waals surface area contributed by atoms with E-state index in [1.807, 2.05) is 49.4 Å². The summed E-state index contributed by atoms with van der Waals surface area (Å²) in [5, 5.41) is 13.6. The summed E-state index contributed by atoms with van der Waals surface area (Å²) in [6.45, 7) is 4.88. The maximum atomic E-state index is 12.9. The minimum atomic E-state index is -1.08. The van der Waals surface area contributed by atoms with Crippen molar-refractivity contribution in [2.24, 2.45) is 0 Å². The molecule has 3 aromatic rings. The van der Waals surface area contributed by atoms with Gasteiger partial charge in [0.05, 0.1) is 25.3 Å². The van der Waals surface area contributed by atoms with Gasteiger partial charge in [-0.3, -0.25) is 4.79 Å². The molecule has 1 aliphatic rings. The Morgan fingerprint density at radius 3 is 2.62 bits per heavy atom. The minimum Gasteiger partial charge on any atom is -0.491 e. The number of anilines is 2. The average Bonchev–Trinajstić information content (AvgIpc) is 3.16. The lowest BCUT2D eigenvalue weighted by Gasteiger charge is -2.23. The molecule has 0 saturated carbocycles. The van der Waals surface area contributed by atoms with Crippen molar-refractivity contribution in [3.63, 3.8) is 0 Å². The van der Waals surface area contributed by atoms with E-state index in [2.05, 4.69) is 5.32 Å². The Bertz CT molecular complexity index is 1220. The van der Waals surface area contributed by atoms with E-state index in [1.54, 1.807) is 21.2 Å². The van der Waals surface area contributed by atoms with Gasteiger partial charge < -0.3 is 25.0 Å². The molecule has 2 N–H and O–H groups in total. The van der Waals surface area contributed by atoms with Gasteiger partial charge in [0.1, 0.15) is 17.2 Å². The van der Waals surface area contributed by atoms with Gasteiger partial charge in [0.25, 0.3) is 0 Å². The molecule has 8 nitrogen and oxygen atoms in total. The predicted octanol–water partition coefficient (Wildman–Crippen LogP) is 4.73. The molecule has 4 rings (SSSR count). The summed E-state index contributed by atoms with van der Waals surface area (Å²) < 4.78 is 5.84. The average molecular weight is 480 g/mol. The highest BCUT2D eigenvalue weighted by atomic mass is 32.1. The number of hydrogen-bond donors (Lipinski definition) is 2. The Morgan fingerprint density at radius 2 is 1.91 bits per heavy atom. The number of amides is 3. The second-order valence-corrected chi connectivity index (χ2v) is 8.97. The quantitative estimate of drug-likeness (QED) is 0.551. The lowest BCUT2D eigenvalue weighted by Crippen LogP contribution is -2.36. The summed E-state index contributed by atoms with van der Waals surface area (Å²) in [4.78, 5) is 40.0. The molecule has 0 unspecified atom stereocenters. The summed E-state index contributed by atoms with van der Waals surface area (Å²) in [5.74, 6) is -0.463. The highest BCUT2D eigenvalue weighted by Gasteiger charge is 2.23. The van der Waals surface area contributed by atoms with Crippen LogP contribution >= 0.6 is 11.3 Å². The van der Waals surface area contributed by atoms with Crippen molar-refractivity contribution < 1.29 is 24.2 Å². The topological polar surface area (TPSA) is 99.2 Å². The van der Waals surface area contributed by atoms with Gasteiger partial charge in [-0.05, 0) is 48.2 Å². The number of thiophene rings is 1. The Morgan fingerprint density at radius 1 is 1.15 bits per heavy atom. The molecule has 1 aromatic heterocycles. The summed E-state index contributed by atoms with van der Waals surface area (Å²) in [7, 11) is 0. The molecule has 2 heterocycles. The number of aromatic carboxylic acids is 1. The zero-order valence-corrected chi connectivity index (χ0v) is 19.7. The number of ether oxygens (including phenoxy) is 1. The Kier molecular flexibility index (Phi) is 6.83. The molecule has 34 heavy (non-hydrogen) atoms. The van der Waals surface area contributed by atoms with Crippen molar-refractivity contribution in [1.82, 2.24) is 4.90 Å². The Labute approximate surface area is 201 Å². The molecule has 3 amide bonds. The number of carbonyl (C=O) groups is 3. The van der Waals surface area contributed by atoms with Crippen molar-refractivity contribution in [2.75, 3.05) is 23.4 Å². The molecular formula is C25H25N3O5S. The molecule has 0 atom stereocenters. The first kappa shape index (κ1) is 23.3. The van der Waals surface area contributed by atoms with Gasteiger partial charge in [0.15, 0.2) is 0 Å². The molecule has 2 aromatic carbocycles. The maximum Gasteiger partial charge on any atom is 0.348 e. The van der Waals surface area contributed by atoms with Crippen LogP contribution in [0.1, 0.15) is 33.3 Å². The largest absolute Gasteiger partial charge is 0.491 e. The van der Waals surface area contributed by atoms with E-state index < -0.39 is 12.0 Å². The molecular weight excluding hydrogens is 454 g/mol. The van der Waals surface area contributed by atoms with E-state index in [0.29, 0.717) is 32.0 Å². The molecule has 9 heteroatoms. The van der Waals surface area contributed by atoms with Crippen LogP contribution in [0.2, 0.25) is 0 Å². The monoisotopic (exact) mass is 479 g/mol. The van der Waals surface area contributed by atoms with Crippen LogP contribution < -0.4 is 15.0 Å². The molecule has 0 spiro atoms. The van der Waals surface area contributed by atoms with Crippen molar-refractivity contribution in [3.8, 4) is 5.75 Å². The van der Waals surface area contributed by atoms with E-state index in [1.165, 1.54) is 6.92 Å². The van der Waals surface area contributed by atoms with Crippen LogP contribution in [0.4, 0.5) is 16.2 Å². The lowest BCUT2D eigenvalue weighted by atomic mass is 10.1. The second kappa shape index (κ2) is 9.96. The number of urea groups is 1. The number of carboxylic acid groups (broad SMARTS) is 1. The van der Waals surface area contributed by atoms with Gasteiger partial charge in [-0.2, -0.15) is 0 Å². The van der Waals surface area contributed by atoms with Gasteiger partial charge in [-0.25, -0.2) is 9.59 Å². The SMILES string of the molecule is CC(=O)N(Cc1ccc2c(c1)CN(C(=O)Nc1ccsc1C(=O)O)CCO2)c1ccc(C)cc1. The number of benzene rings is 2. The third kappa shape index (κ3) is 5.20. The van der Waals surface area contributed by atoms with Crippen LogP contribution in [0.15, 0.2) is 53.9 Å². The number of carbonyl (C=O) groups excluding carboxylic acids is 2. The molecule has 176 valence electrons. The normalized spacial score (nSPS) is 12.8. The zero-order chi connectivity index (χ0) is 24.2. The van der Waals surface area contributed by atoms with Gasteiger partial charge >= 0.3 is 12.0 Å². The summed E-state index contributed by atoms with van der Waals surface area (Å²) in [6.07, 6.45) is 0. The van der Waals surface area contributed by atoms with Gasteiger partial charge in [-0.15, -0.1) is 11.3 Å². The summed E-state index contributed by atoms with van der Waals surface area (Å²) >= 11 is 1.06. The zero-order valence-electron chi connectivity index (χ0n) is 18.9. The Hall–Kier alpha value is -3.85. The molecule has 0 radical (unpaired) electrons. The molecule has 1 aliphatic heterocycles. The standard InChI is InChI=1S/C25H25N3O5S/c1-16-3-6-20(7-4-16)28(17(2)29)14-18-5-8-22-19(13-18)15-27(10-11-33-22)25(32)26-21-9-12-34-23(21)24(30)31/h3-9,12-13H,10-11,14-15H2,1-2H3,(H,26,32)(H,30,31). The van der Waals surface area contributed by atoms with Crippen LogP contribution in [0.3, 0.4) is 0 Å². The molecule has 0 saturated heterocycles. The first-order chi connectivity index (χ1) is 16.3. The molecule has 0 fully saturated rings. The van der Waals surface area contributed by atoms with Crippen molar-refractivity contribution in [1.29, 1.82) is 0 Å². The van der Waals surface area contributed by atoms with Crippen molar-refractivity contribution >= 4 is 40.6 Å². The first-order valence-corrected chi connectivity index (χ1v) is 11.7. The van der Waals surface area contributed by atoms with Crippen molar-refractivity contribution in [3.05, 3.63) is 75.5 Å². The highest BCUT2D eigenvalue weighted by molar-refractivity contribution is 7.12.